The fourth-order valence-electron chi connectivity index (χ4n) is 2.75. The maximum Gasteiger partial charge on any atom is 0.100 e. The molecule has 0 spiro atoms. The minimum absolute atomic E-state index is 0.0671. The van der Waals surface area contributed by atoms with Gasteiger partial charge in [-0.15, -0.1) is 0 Å². The third kappa shape index (κ3) is 3.34. The molecule has 0 saturated carbocycles. The summed E-state index contributed by atoms with van der Waals surface area (Å²) in [5.41, 5.74) is 3.86. The lowest BCUT2D eigenvalue weighted by Gasteiger charge is -2.22. The van der Waals surface area contributed by atoms with Crippen LogP contribution in [0.25, 0.3) is 22.5 Å². The van der Waals surface area contributed by atoms with Crippen molar-refractivity contribution in [2.45, 2.75) is 12.6 Å². The molecule has 2 aromatic heterocycles. The minimum atomic E-state index is 0.0671. The summed E-state index contributed by atoms with van der Waals surface area (Å²) in [6.45, 7) is 2.65. The highest BCUT2D eigenvalue weighted by molar-refractivity contribution is 5.68. The van der Waals surface area contributed by atoms with Crippen molar-refractivity contribution in [1.82, 2.24) is 19.7 Å². The molecule has 122 valence electrons. The first-order valence-electron chi connectivity index (χ1n) is 7.98. The standard InChI is InChI=1S/C18H18N4O2/c1-2-14(10-15(3-1)18-11-19-5-6-20-18)17-4-7-22(21-17)12-16-13-23-8-9-24-16/h1-7,10-11,16H,8-9,12-13H2/t16-/m0/s1. The van der Waals surface area contributed by atoms with Crippen molar-refractivity contribution < 1.29 is 9.47 Å². The van der Waals surface area contributed by atoms with Crippen LogP contribution in [-0.2, 0) is 16.0 Å². The quantitative estimate of drug-likeness (QED) is 0.738. The van der Waals surface area contributed by atoms with E-state index in [0.29, 0.717) is 26.4 Å². The summed E-state index contributed by atoms with van der Waals surface area (Å²) < 4.78 is 13.0. The van der Waals surface area contributed by atoms with Crippen molar-refractivity contribution in [1.29, 1.82) is 0 Å². The molecule has 0 unspecified atom stereocenters. The van der Waals surface area contributed by atoms with Gasteiger partial charge in [0.25, 0.3) is 0 Å². The predicted octanol–water partition coefficient (Wildman–Crippen LogP) is 2.42. The molecular weight excluding hydrogens is 304 g/mol. The van der Waals surface area contributed by atoms with Crippen LogP contribution in [0.3, 0.4) is 0 Å². The van der Waals surface area contributed by atoms with E-state index >= 15 is 0 Å². The van der Waals surface area contributed by atoms with Crippen LogP contribution in [0, 0.1) is 0 Å². The van der Waals surface area contributed by atoms with Gasteiger partial charge in [0.2, 0.25) is 0 Å². The van der Waals surface area contributed by atoms with Crippen LogP contribution in [0.15, 0.2) is 55.1 Å². The summed E-state index contributed by atoms with van der Waals surface area (Å²) in [5.74, 6) is 0. The van der Waals surface area contributed by atoms with Gasteiger partial charge >= 0.3 is 0 Å². The monoisotopic (exact) mass is 322 g/mol. The smallest absolute Gasteiger partial charge is 0.100 e. The van der Waals surface area contributed by atoms with Crippen LogP contribution in [-0.4, -0.2) is 45.7 Å². The Kier molecular flexibility index (Phi) is 4.31. The van der Waals surface area contributed by atoms with Crippen LogP contribution in [0.5, 0.6) is 0 Å². The van der Waals surface area contributed by atoms with Crippen molar-refractivity contribution in [3.8, 4) is 22.5 Å². The van der Waals surface area contributed by atoms with Gasteiger partial charge in [-0.1, -0.05) is 18.2 Å². The van der Waals surface area contributed by atoms with Crippen LogP contribution in [0.4, 0.5) is 0 Å². The molecule has 0 amide bonds. The van der Waals surface area contributed by atoms with Crippen molar-refractivity contribution in [3.05, 3.63) is 55.1 Å². The van der Waals surface area contributed by atoms with E-state index in [1.165, 1.54) is 0 Å². The number of benzene rings is 1. The number of nitrogens with zero attached hydrogens (tertiary/aromatic N) is 4. The van der Waals surface area contributed by atoms with E-state index < -0.39 is 0 Å². The van der Waals surface area contributed by atoms with Gasteiger partial charge in [-0.05, 0) is 12.1 Å². The number of aromatic nitrogens is 4. The van der Waals surface area contributed by atoms with E-state index in [4.69, 9.17) is 9.47 Å². The largest absolute Gasteiger partial charge is 0.376 e. The highest BCUT2D eigenvalue weighted by atomic mass is 16.6. The maximum atomic E-state index is 5.67. The van der Waals surface area contributed by atoms with Crippen LogP contribution >= 0.6 is 0 Å². The minimum Gasteiger partial charge on any atom is -0.376 e. The number of hydrogen-bond acceptors (Lipinski definition) is 5. The summed E-state index contributed by atoms with van der Waals surface area (Å²) in [5, 5.41) is 4.65. The van der Waals surface area contributed by atoms with Crippen molar-refractivity contribution in [2.75, 3.05) is 19.8 Å². The molecule has 0 N–H and O–H groups in total. The Morgan fingerprint density at radius 2 is 2.00 bits per heavy atom. The molecule has 6 nitrogen and oxygen atoms in total. The fourth-order valence-corrected chi connectivity index (χ4v) is 2.75. The molecule has 1 saturated heterocycles. The Hall–Kier alpha value is -2.57. The molecule has 3 heterocycles. The summed E-state index contributed by atoms with van der Waals surface area (Å²) >= 11 is 0. The van der Waals surface area contributed by atoms with Crippen LogP contribution < -0.4 is 0 Å². The van der Waals surface area contributed by atoms with E-state index in [1.807, 2.05) is 35.1 Å². The number of ether oxygens (including phenoxy) is 2. The normalized spacial score (nSPS) is 17.8. The van der Waals surface area contributed by atoms with E-state index in [9.17, 15) is 0 Å². The fraction of sp³-hybridized carbons (Fsp3) is 0.278. The molecule has 24 heavy (non-hydrogen) atoms. The average Bonchev–Trinajstić information content (AvgIpc) is 3.12. The van der Waals surface area contributed by atoms with Gasteiger partial charge in [-0.3, -0.25) is 14.6 Å². The van der Waals surface area contributed by atoms with Crippen molar-refractivity contribution in [3.63, 3.8) is 0 Å². The van der Waals surface area contributed by atoms with Gasteiger partial charge in [0.1, 0.15) is 6.10 Å². The lowest BCUT2D eigenvalue weighted by atomic mass is 10.1. The zero-order valence-corrected chi connectivity index (χ0v) is 13.2. The Balaban J connectivity index is 1.54. The Morgan fingerprint density at radius 3 is 2.79 bits per heavy atom. The van der Waals surface area contributed by atoms with Crippen molar-refractivity contribution in [2.24, 2.45) is 0 Å². The Bertz CT molecular complexity index is 798. The van der Waals surface area contributed by atoms with Gasteiger partial charge in [-0.2, -0.15) is 5.10 Å². The van der Waals surface area contributed by atoms with E-state index in [0.717, 1.165) is 22.5 Å². The van der Waals surface area contributed by atoms with Crippen LogP contribution in [0.2, 0.25) is 0 Å². The second-order valence-corrected chi connectivity index (χ2v) is 5.66. The third-order valence-electron chi connectivity index (χ3n) is 3.93. The maximum absolute atomic E-state index is 5.67. The van der Waals surface area contributed by atoms with E-state index in [2.05, 4.69) is 21.1 Å². The Labute approximate surface area is 140 Å². The third-order valence-corrected chi connectivity index (χ3v) is 3.93. The van der Waals surface area contributed by atoms with Gasteiger partial charge < -0.3 is 9.47 Å². The zero-order chi connectivity index (χ0) is 16.2. The number of hydrogen-bond donors (Lipinski definition) is 0. The first-order valence-corrected chi connectivity index (χ1v) is 7.98. The van der Waals surface area contributed by atoms with Crippen molar-refractivity contribution >= 4 is 0 Å². The summed E-state index contributed by atoms with van der Waals surface area (Å²) in [6.07, 6.45) is 7.17. The summed E-state index contributed by atoms with van der Waals surface area (Å²) in [6, 6.07) is 10.2. The Morgan fingerprint density at radius 1 is 1.08 bits per heavy atom. The molecule has 6 heteroatoms. The molecule has 1 atom stereocenters. The second kappa shape index (κ2) is 6.90. The molecule has 1 fully saturated rings. The lowest BCUT2D eigenvalue weighted by molar-refractivity contribution is -0.0946. The second-order valence-electron chi connectivity index (χ2n) is 5.66. The van der Waals surface area contributed by atoms with E-state index in [1.54, 1.807) is 18.6 Å². The SMILES string of the molecule is c1cc(-c2cnccn2)cc(-c2ccn(C[C@H]3COCCO3)n2)c1. The lowest BCUT2D eigenvalue weighted by Crippen LogP contribution is -2.32. The van der Waals surface area contributed by atoms with Crippen LogP contribution in [0.1, 0.15) is 0 Å². The average molecular weight is 322 g/mol. The first kappa shape index (κ1) is 15.0. The molecule has 1 aliphatic heterocycles. The van der Waals surface area contributed by atoms with Gasteiger partial charge in [0, 0.05) is 29.7 Å². The molecule has 0 radical (unpaired) electrons. The molecule has 1 aliphatic rings. The molecule has 4 rings (SSSR count). The molecule has 3 aromatic rings. The topological polar surface area (TPSA) is 62.1 Å². The molecular formula is C18H18N4O2. The number of rotatable bonds is 4. The zero-order valence-electron chi connectivity index (χ0n) is 13.2. The predicted molar refractivity (Wildman–Crippen MR) is 89.2 cm³/mol. The highest BCUT2D eigenvalue weighted by Crippen LogP contribution is 2.23. The summed E-state index contributed by atoms with van der Waals surface area (Å²) in [4.78, 5) is 8.47. The molecule has 1 aromatic carbocycles. The molecule has 0 bridgehead atoms. The first-order chi connectivity index (χ1) is 11.9. The van der Waals surface area contributed by atoms with E-state index in [-0.39, 0.29) is 6.10 Å². The summed E-state index contributed by atoms with van der Waals surface area (Å²) in [7, 11) is 0. The van der Waals surface area contributed by atoms with Gasteiger partial charge in [0.05, 0.1) is 44.0 Å². The molecule has 0 aliphatic carbocycles. The van der Waals surface area contributed by atoms with Gasteiger partial charge in [0.15, 0.2) is 0 Å². The highest BCUT2D eigenvalue weighted by Gasteiger charge is 2.15. The van der Waals surface area contributed by atoms with Gasteiger partial charge in [-0.25, -0.2) is 0 Å².